The third kappa shape index (κ3) is 5.48. The van der Waals surface area contributed by atoms with Crippen molar-refractivity contribution in [1.29, 1.82) is 0 Å². The van der Waals surface area contributed by atoms with E-state index < -0.39 is 0 Å². The number of hydrogen-bond acceptors (Lipinski definition) is 8. The van der Waals surface area contributed by atoms with Crippen molar-refractivity contribution in [3.05, 3.63) is 40.5 Å². The minimum Gasteiger partial charge on any atom is -0.482 e. The molecule has 0 unspecified atom stereocenters. The van der Waals surface area contributed by atoms with Gasteiger partial charge in [-0.1, -0.05) is 29.6 Å². The van der Waals surface area contributed by atoms with Gasteiger partial charge in [0.05, 0.1) is 18.7 Å². The number of aryl methyl sites for hydroxylation is 1. The summed E-state index contributed by atoms with van der Waals surface area (Å²) < 4.78 is 16.5. The van der Waals surface area contributed by atoms with Crippen molar-refractivity contribution in [2.24, 2.45) is 0 Å². The Morgan fingerprint density at radius 3 is 2.71 bits per heavy atom. The summed E-state index contributed by atoms with van der Waals surface area (Å²) in [5.74, 6) is 1.73. The minimum atomic E-state index is -0.346. The molecule has 0 saturated heterocycles. The molecular weight excluding hydrogens is 460 g/mol. The smallest absolute Gasteiger partial charge is 0.258 e. The third-order valence-corrected chi connectivity index (χ3v) is 6.03. The number of benzene rings is 1. The highest BCUT2D eigenvalue weighted by atomic mass is 35.5. The number of ether oxygens (including phenoxy) is 2. The van der Waals surface area contributed by atoms with Gasteiger partial charge in [0.1, 0.15) is 5.75 Å². The number of amides is 1. The Labute approximate surface area is 202 Å². The zero-order valence-corrected chi connectivity index (χ0v) is 19.9. The molecule has 1 amide bonds. The maximum atomic E-state index is 11.7. The molecule has 2 N–H and O–H groups in total. The average molecular weight is 487 g/mol. The maximum Gasteiger partial charge on any atom is 0.258 e. The molecule has 9 nitrogen and oxygen atoms in total. The van der Waals surface area contributed by atoms with Gasteiger partial charge in [0, 0.05) is 35.3 Å². The molecule has 4 rings (SSSR count). The van der Waals surface area contributed by atoms with Gasteiger partial charge in [0.15, 0.2) is 6.61 Å². The van der Waals surface area contributed by atoms with Crippen LogP contribution in [0.15, 0.2) is 28.8 Å². The van der Waals surface area contributed by atoms with Crippen LogP contribution in [0.25, 0.3) is 22.8 Å². The van der Waals surface area contributed by atoms with Crippen LogP contribution in [0, 0.1) is 6.92 Å². The van der Waals surface area contributed by atoms with Crippen LogP contribution >= 0.6 is 11.6 Å². The molecule has 10 heteroatoms. The molecule has 1 aliphatic carbocycles. The fourth-order valence-electron chi connectivity index (χ4n) is 4.07. The monoisotopic (exact) mass is 486 g/mol. The zero-order valence-electron chi connectivity index (χ0n) is 19.1. The van der Waals surface area contributed by atoms with Crippen molar-refractivity contribution in [1.82, 2.24) is 20.4 Å². The molecule has 0 atom stereocenters. The van der Waals surface area contributed by atoms with Crippen LogP contribution in [0.1, 0.15) is 42.9 Å². The van der Waals surface area contributed by atoms with Crippen molar-refractivity contribution >= 4 is 17.5 Å². The highest BCUT2D eigenvalue weighted by molar-refractivity contribution is 6.32. The molecule has 1 aromatic carbocycles. The SMILES string of the molecule is COc1cc(-c2nc(-c3cc(C)c(OCC(=O)NCCO)c(Cl)c3)no2)cc(C2CCCC2)n1. The number of methoxy groups -OCH3 is 1. The van der Waals surface area contributed by atoms with Crippen molar-refractivity contribution in [2.45, 2.75) is 38.5 Å². The first-order valence-electron chi connectivity index (χ1n) is 11.2. The van der Waals surface area contributed by atoms with Gasteiger partial charge < -0.3 is 24.4 Å². The molecule has 1 aliphatic rings. The Morgan fingerprint density at radius 1 is 1.21 bits per heavy atom. The molecule has 1 saturated carbocycles. The number of aromatic nitrogens is 3. The number of rotatable bonds is 9. The summed E-state index contributed by atoms with van der Waals surface area (Å²) in [7, 11) is 1.59. The number of carbonyl (C=O) groups is 1. The van der Waals surface area contributed by atoms with E-state index in [0.29, 0.717) is 39.8 Å². The number of carbonyl (C=O) groups excluding carboxylic acids is 1. The molecule has 2 aromatic heterocycles. The standard InChI is InChI=1S/C24H27ClN4O5/c1-14-9-16(10-18(25)22(14)33-13-20(31)26-7-8-30)23-28-24(34-29-23)17-11-19(15-5-3-4-6-15)27-21(12-17)32-2/h9-12,15,30H,3-8,13H2,1-2H3,(H,26,31). The number of aliphatic hydroxyl groups excluding tert-OH is 1. The highest BCUT2D eigenvalue weighted by Gasteiger charge is 2.22. The van der Waals surface area contributed by atoms with Gasteiger partial charge in [-0.15, -0.1) is 0 Å². The fourth-order valence-corrected chi connectivity index (χ4v) is 4.39. The van der Waals surface area contributed by atoms with Crippen LogP contribution in [0.3, 0.4) is 0 Å². The van der Waals surface area contributed by atoms with Crippen molar-refractivity contribution in [3.63, 3.8) is 0 Å². The molecule has 1 fully saturated rings. The summed E-state index contributed by atoms with van der Waals surface area (Å²) in [5, 5.41) is 15.8. The molecule has 34 heavy (non-hydrogen) atoms. The lowest BCUT2D eigenvalue weighted by Crippen LogP contribution is -2.31. The summed E-state index contributed by atoms with van der Waals surface area (Å²) in [6, 6.07) is 7.26. The van der Waals surface area contributed by atoms with E-state index in [1.54, 1.807) is 19.2 Å². The second-order valence-electron chi connectivity index (χ2n) is 8.19. The first kappa shape index (κ1) is 24.0. The maximum absolute atomic E-state index is 11.7. The quantitative estimate of drug-likeness (QED) is 0.467. The minimum absolute atomic E-state index is 0.138. The molecule has 180 valence electrons. The lowest BCUT2D eigenvalue weighted by molar-refractivity contribution is -0.123. The first-order valence-corrected chi connectivity index (χ1v) is 11.6. The Kier molecular flexibility index (Phi) is 7.64. The van der Waals surface area contributed by atoms with Gasteiger partial charge in [0.2, 0.25) is 11.7 Å². The number of halogens is 1. The normalized spacial score (nSPS) is 13.8. The van der Waals surface area contributed by atoms with Crippen LogP contribution in [-0.4, -0.2) is 53.0 Å². The molecular formula is C24H27ClN4O5. The summed E-state index contributed by atoms with van der Waals surface area (Å²) in [6.07, 6.45) is 4.64. The largest absolute Gasteiger partial charge is 0.482 e. The summed E-state index contributed by atoms with van der Waals surface area (Å²) in [4.78, 5) is 20.9. The molecule has 0 aliphatic heterocycles. The molecule has 0 radical (unpaired) electrons. The lowest BCUT2D eigenvalue weighted by Gasteiger charge is -2.12. The summed E-state index contributed by atoms with van der Waals surface area (Å²) in [5.41, 5.74) is 3.11. The second kappa shape index (κ2) is 10.8. The first-order chi connectivity index (χ1) is 16.5. The second-order valence-corrected chi connectivity index (χ2v) is 8.60. The van der Waals surface area contributed by atoms with Crippen LogP contribution in [0.5, 0.6) is 11.6 Å². The number of nitrogens with zero attached hydrogens (tertiary/aromatic N) is 3. The Hall–Kier alpha value is -3.17. The van der Waals surface area contributed by atoms with Crippen LogP contribution in [0.2, 0.25) is 5.02 Å². The Bertz CT molecular complexity index is 1140. The number of hydrogen-bond donors (Lipinski definition) is 2. The van der Waals surface area contributed by atoms with Crippen molar-refractivity contribution in [3.8, 4) is 34.5 Å². The molecule has 3 aromatic rings. The predicted octanol–water partition coefficient (Wildman–Crippen LogP) is 3.91. The van der Waals surface area contributed by atoms with Crippen LogP contribution in [0.4, 0.5) is 0 Å². The van der Waals surface area contributed by atoms with E-state index >= 15 is 0 Å². The van der Waals surface area contributed by atoms with E-state index in [9.17, 15) is 4.79 Å². The summed E-state index contributed by atoms with van der Waals surface area (Å²) >= 11 is 6.42. The van der Waals surface area contributed by atoms with Gasteiger partial charge in [-0.05, 0) is 43.5 Å². The fraction of sp³-hybridized carbons (Fsp3) is 0.417. The average Bonchev–Trinajstić information content (AvgIpc) is 3.54. The highest BCUT2D eigenvalue weighted by Crippen LogP contribution is 2.37. The zero-order chi connectivity index (χ0) is 24.1. The number of nitrogens with one attached hydrogen (secondary N) is 1. The van der Waals surface area contributed by atoms with Gasteiger partial charge >= 0.3 is 0 Å². The molecule has 2 heterocycles. The number of pyridine rings is 1. The van der Waals surface area contributed by atoms with Gasteiger partial charge in [-0.3, -0.25) is 4.79 Å². The predicted molar refractivity (Wildman–Crippen MR) is 126 cm³/mol. The van der Waals surface area contributed by atoms with Crippen molar-refractivity contribution in [2.75, 3.05) is 26.9 Å². The third-order valence-electron chi connectivity index (χ3n) is 5.75. The van der Waals surface area contributed by atoms with E-state index in [1.807, 2.05) is 19.1 Å². The van der Waals surface area contributed by atoms with Gasteiger partial charge in [-0.2, -0.15) is 4.98 Å². The van der Waals surface area contributed by atoms with Crippen LogP contribution in [-0.2, 0) is 4.79 Å². The number of aliphatic hydroxyl groups is 1. The van der Waals surface area contributed by atoms with E-state index in [0.717, 1.165) is 29.7 Å². The lowest BCUT2D eigenvalue weighted by atomic mass is 10.0. The van der Waals surface area contributed by atoms with Gasteiger partial charge in [0.25, 0.3) is 11.8 Å². The van der Waals surface area contributed by atoms with E-state index in [1.165, 1.54) is 12.8 Å². The Morgan fingerprint density at radius 2 is 2.00 bits per heavy atom. The molecule has 0 spiro atoms. The van der Waals surface area contributed by atoms with Crippen LogP contribution < -0.4 is 14.8 Å². The Balaban J connectivity index is 1.55. The van der Waals surface area contributed by atoms with E-state index in [-0.39, 0.29) is 25.7 Å². The van der Waals surface area contributed by atoms with E-state index in [4.69, 9.17) is 30.7 Å². The van der Waals surface area contributed by atoms with E-state index in [2.05, 4.69) is 20.4 Å². The molecule has 0 bridgehead atoms. The topological polar surface area (TPSA) is 120 Å². The summed E-state index contributed by atoms with van der Waals surface area (Å²) in [6.45, 7) is 1.64. The van der Waals surface area contributed by atoms with Gasteiger partial charge in [-0.25, -0.2) is 4.98 Å². The van der Waals surface area contributed by atoms with Crippen molar-refractivity contribution < 1.29 is 23.9 Å².